The Balaban J connectivity index is 2.14. The minimum atomic E-state index is -0.456. The van der Waals surface area contributed by atoms with Crippen molar-refractivity contribution in [3.05, 3.63) is 47.3 Å². The van der Waals surface area contributed by atoms with Gasteiger partial charge in [-0.3, -0.25) is 9.59 Å². The van der Waals surface area contributed by atoms with Crippen LogP contribution in [0.15, 0.2) is 41.7 Å². The maximum absolute atomic E-state index is 12.3. The number of benzene rings is 1. The van der Waals surface area contributed by atoms with E-state index in [1.165, 1.54) is 24.6 Å². The lowest BCUT2D eigenvalue weighted by Gasteiger charge is -2.03. The van der Waals surface area contributed by atoms with Crippen LogP contribution in [-0.4, -0.2) is 33.1 Å². The van der Waals surface area contributed by atoms with Crippen molar-refractivity contribution in [2.24, 2.45) is 12.0 Å². The number of ether oxygens (including phenoxy) is 1. The molecular formula is C15H14N4O3S. The first-order valence-corrected chi connectivity index (χ1v) is 7.63. The van der Waals surface area contributed by atoms with Crippen LogP contribution in [-0.2, 0) is 23.1 Å². The van der Waals surface area contributed by atoms with Gasteiger partial charge >= 0.3 is 11.9 Å². The van der Waals surface area contributed by atoms with Gasteiger partial charge in [-0.15, -0.1) is 0 Å². The van der Waals surface area contributed by atoms with Gasteiger partial charge in [-0.1, -0.05) is 23.5 Å². The molecule has 0 aliphatic carbocycles. The van der Waals surface area contributed by atoms with Gasteiger partial charge in [0, 0.05) is 19.4 Å². The highest BCUT2D eigenvalue weighted by Crippen LogP contribution is 2.16. The van der Waals surface area contributed by atoms with Crippen LogP contribution in [0.25, 0.3) is 10.2 Å². The summed E-state index contributed by atoms with van der Waals surface area (Å²) >= 11 is 1.34. The summed E-state index contributed by atoms with van der Waals surface area (Å²) in [6.45, 7) is -0.00675. The van der Waals surface area contributed by atoms with E-state index in [-0.39, 0.29) is 12.4 Å². The number of imidazole rings is 1. The normalized spacial score (nSPS) is 11.8. The lowest BCUT2D eigenvalue weighted by Crippen LogP contribution is -2.22. The quantitative estimate of drug-likeness (QED) is 0.679. The largest absolute Gasteiger partial charge is 0.468 e. The van der Waals surface area contributed by atoms with E-state index >= 15 is 0 Å². The molecule has 2 aromatic heterocycles. The molecule has 7 nitrogen and oxygen atoms in total. The van der Waals surface area contributed by atoms with Crippen LogP contribution in [0, 0.1) is 0 Å². The van der Waals surface area contributed by atoms with Gasteiger partial charge in [0.2, 0.25) is 5.82 Å². The molecule has 118 valence electrons. The Morgan fingerprint density at radius 3 is 2.83 bits per heavy atom. The average molecular weight is 330 g/mol. The van der Waals surface area contributed by atoms with E-state index in [0.29, 0.717) is 4.80 Å². The third-order valence-corrected chi connectivity index (χ3v) is 4.37. The van der Waals surface area contributed by atoms with Gasteiger partial charge < -0.3 is 13.9 Å². The number of methoxy groups -OCH3 is 1. The molecule has 0 N–H and O–H groups in total. The second kappa shape index (κ2) is 6.17. The summed E-state index contributed by atoms with van der Waals surface area (Å²) in [6.07, 6.45) is 3.21. The Morgan fingerprint density at radius 2 is 2.13 bits per heavy atom. The number of aromatic nitrogens is 3. The lowest BCUT2D eigenvalue weighted by atomic mass is 10.3. The fourth-order valence-corrected chi connectivity index (χ4v) is 3.19. The minimum absolute atomic E-state index is 0.00675. The fraction of sp³-hybridized carbons (Fsp3) is 0.200. The number of fused-ring (bicyclic) bond motifs is 1. The topological polar surface area (TPSA) is 78.5 Å². The van der Waals surface area contributed by atoms with Gasteiger partial charge in [0.15, 0.2) is 4.80 Å². The number of amides is 1. The molecule has 2 heterocycles. The fourth-order valence-electron chi connectivity index (χ4n) is 2.16. The first kappa shape index (κ1) is 15.2. The SMILES string of the molecule is COC(=O)Cn1c(=NC(=O)c2nccn2C)sc2ccccc21. The van der Waals surface area contributed by atoms with E-state index in [9.17, 15) is 9.59 Å². The van der Waals surface area contributed by atoms with Gasteiger partial charge in [0.05, 0.1) is 17.3 Å². The number of esters is 1. The summed E-state index contributed by atoms with van der Waals surface area (Å²) in [5.41, 5.74) is 0.828. The molecule has 0 unspecified atom stereocenters. The molecule has 0 saturated carbocycles. The maximum Gasteiger partial charge on any atom is 0.325 e. The lowest BCUT2D eigenvalue weighted by molar-refractivity contribution is -0.141. The van der Waals surface area contributed by atoms with Crippen molar-refractivity contribution in [1.29, 1.82) is 0 Å². The van der Waals surface area contributed by atoms with E-state index < -0.39 is 11.9 Å². The van der Waals surface area contributed by atoms with Gasteiger partial charge in [0.1, 0.15) is 6.54 Å². The molecule has 3 aromatic rings. The number of thiazole rings is 1. The van der Waals surface area contributed by atoms with Gasteiger partial charge in [-0.2, -0.15) is 4.99 Å². The molecule has 0 radical (unpaired) electrons. The van der Waals surface area contributed by atoms with Gasteiger partial charge in [-0.05, 0) is 12.1 Å². The molecule has 1 amide bonds. The number of carbonyl (C=O) groups is 2. The van der Waals surface area contributed by atoms with Crippen LogP contribution in [0.4, 0.5) is 0 Å². The second-order valence-corrected chi connectivity index (χ2v) is 5.80. The van der Waals surface area contributed by atoms with Crippen molar-refractivity contribution in [1.82, 2.24) is 14.1 Å². The van der Waals surface area contributed by atoms with Crippen LogP contribution >= 0.6 is 11.3 Å². The van der Waals surface area contributed by atoms with E-state index in [1.54, 1.807) is 22.4 Å². The predicted octanol–water partition coefficient (Wildman–Crippen LogP) is 1.35. The molecule has 1 aromatic carbocycles. The van der Waals surface area contributed by atoms with Crippen LogP contribution in [0.1, 0.15) is 10.6 Å². The van der Waals surface area contributed by atoms with Gasteiger partial charge in [-0.25, -0.2) is 4.98 Å². The highest BCUT2D eigenvalue weighted by molar-refractivity contribution is 7.16. The number of hydrogen-bond donors (Lipinski definition) is 0. The molecular weight excluding hydrogens is 316 g/mol. The number of para-hydroxylation sites is 1. The van der Waals surface area contributed by atoms with Gasteiger partial charge in [0.25, 0.3) is 0 Å². The number of carbonyl (C=O) groups excluding carboxylic acids is 2. The molecule has 0 aliphatic heterocycles. The van der Waals surface area contributed by atoms with E-state index in [4.69, 9.17) is 4.74 Å². The van der Waals surface area contributed by atoms with Crippen molar-refractivity contribution in [3.63, 3.8) is 0 Å². The summed E-state index contributed by atoms with van der Waals surface area (Å²) in [7, 11) is 3.05. The van der Waals surface area contributed by atoms with Crippen molar-refractivity contribution < 1.29 is 14.3 Å². The zero-order valence-electron chi connectivity index (χ0n) is 12.6. The summed E-state index contributed by atoms with van der Waals surface area (Å²) in [4.78, 5) is 32.5. The standard InChI is InChI=1S/C15H14N4O3S/c1-18-8-7-16-13(18)14(21)17-15-19(9-12(20)22-2)10-5-3-4-6-11(10)23-15/h3-8H,9H2,1-2H3. The third kappa shape index (κ3) is 2.93. The number of rotatable bonds is 3. The van der Waals surface area contributed by atoms with Crippen molar-refractivity contribution in [2.75, 3.05) is 7.11 Å². The van der Waals surface area contributed by atoms with E-state index in [2.05, 4.69) is 9.98 Å². The average Bonchev–Trinajstić information content (AvgIpc) is 3.11. The van der Waals surface area contributed by atoms with E-state index in [0.717, 1.165) is 10.2 Å². The third-order valence-electron chi connectivity index (χ3n) is 3.31. The summed E-state index contributed by atoms with van der Waals surface area (Å²) < 4.78 is 8.93. The molecule has 0 atom stereocenters. The molecule has 0 fully saturated rings. The number of hydrogen-bond acceptors (Lipinski definition) is 5. The maximum atomic E-state index is 12.3. The summed E-state index contributed by atoms with van der Waals surface area (Å²) in [5, 5.41) is 0. The highest BCUT2D eigenvalue weighted by atomic mass is 32.1. The highest BCUT2D eigenvalue weighted by Gasteiger charge is 2.14. The number of aryl methyl sites for hydroxylation is 1. The molecule has 3 rings (SSSR count). The van der Waals surface area contributed by atoms with Crippen molar-refractivity contribution >= 4 is 33.4 Å². The molecule has 0 saturated heterocycles. The monoisotopic (exact) mass is 330 g/mol. The number of nitrogens with zero attached hydrogens (tertiary/aromatic N) is 4. The predicted molar refractivity (Wildman–Crippen MR) is 84.9 cm³/mol. The Kier molecular flexibility index (Phi) is 4.07. The minimum Gasteiger partial charge on any atom is -0.468 e. The molecule has 0 aliphatic rings. The summed E-state index contributed by atoms with van der Waals surface area (Å²) in [5.74, 6) is -0.616. The zero-order valence-corrected chi connectivity index (χ0v) is 13.4. The van der Waals surface area contributed by atoms with Crippen LogP contribution in [0.2, 0.25) is 0 Å². The van der Waals surface area contributed by atoms with Crippen molar-refractivity contribution in [3.8, 4) is 0 Å². The Bertz CT molecular complexity index is 951. The first-order valence-electron chi connectivity index (χ1n) is 6.81. The van der Waals surface area contributed by atoms with Crippen molar-refractivity contribution in [2.45, 2.75) is 6.54 Å². The van der Waals surface area contributed by atoms with E-state index in [1.807, 2.05) is 24.3 Å². The Morgan fingerprint density at radius 1 is 1.35 bits per heavy atom. The molecule has 0 bridgehead atoms. The zero-order chi connectivity index (χ0) is 16.4. The van der Waals surface area contributed by atoms with Crippen LogP contribution in [0.3, 0.4) is 0 Å². The smallest absolute Gasteiger partial charge is 0.325 e. The second-order valence-electron chi connectivity index (χ2n) is 4.79. The van der Waals surface area contributed by atoms with Crippen LogP contribution < -0.4 is 4.80 Å². The molecule has 0 spiro atoms. The van der Waals surface area contributed by atoms with Crippen LogP contribution in [0.5, 0.6) is 0 Å². The molecule has 8 heteroatoms. The Labute approximate surface area is 135 Å². The Hall–Kier alpha value is -2.74. The summed E-state index contributed by atoms with van der Waals surface area (Å²) in [6, 6.07) is 7.55. The first-order chi connectivity index (χ1) is 11.1. The molecule has 23 heavy (non-hydrogen) atoms.